The van der Waals surface area contributed by atoms with Gasteiger partial charge in [0.05, 0.1) is 12.3 Å². The third-order valence-corrected chi connectivity index (χ3v) is 4.38. The summed E-state index contributed by atoms with van der Waals surface area (Å²) >= 11 is 0. The number of carbonyl (C=O) groups is 1. The number of carbonyl (C=O) groups excluding carboxylic acids is 1. The van der Waals surface area contributed by atoms with Gasteiger partial charge in [-0.05, 0) is 12.8 Å². The number of amides is 1. The molecule has 2 atom stereocenters. The summed E-state index contributed by atoms with van der Waals surface area (Å²) < 4.78 is 43.6. The number of hydrogen-bond acceptors (Lipinski definition) is 7. The van der Waals surface area contributed by atoms with Crippen LogP contribution in [0.25, 0.3) is 11.0 Å². The van der Waals surface area contributed by atoms with Crippen molar-refractivity contribution in [3.63, 3.8) is 0 Å². The maximum Gasteiger partial charge on any atom is 0.471 e. The van der Waals surface area contributed by atoms with Crippen LogP contribution in [0.5, 0.6) is 0 Å². The minimum Gasteiger partial charge on any atom is -0.396 e. The zero-order chi connectivity index (χ0) is 20.5. The summed E-state index contributed by atoms with van der Waals surface area (Å²) in [7, 11) is 0. The average Bonchev–Trinajstić information content (AvgIpc) is 3.22. The highest BCUT2D eigenvalue weighted by atomic mass is 19.4. The highest BCUT2D eigenvalue weighted by Gasteiger charge is 2.38. The van der Waals surface area contributed by atoms with Crippen molar-refractivity contribution in [3.05, 3.63) is 16.0 Å². The first-order chi connectivity index (χ1) is 13.2. The summed E-state index contributed by atoms with van der Waals surface area (Å²) in [6.45, 7) is 0.0249. The molecule has 3 heterocycles. The fourth-order valence-electron chi connectivity index (χ4n) is 3.03. The van der Waals surface area contributed by atoms with Crippen LogP contribution in [0, 0.1) is 5.92 Å². The summed E-state index contributed by atoms with van der Waals surface area (Å²) in [6, 6.07) is 0. The molecule has 1 saturated heterocycles. The molecule has 0 aliphatic carbocycles. The highest BCUT2D eigenvalue weighted by molar-refractivity contribution is 5.81. The van der Waals surface area contributed by atoms with E-state index in [2.05, 4.69) is 15.1 Å². The summed E-state index contributed by atoms with van der Waals surface area (Å²) in [4.78, 5) is 29.6. The van der Waals surface area contributed by atoms with Crippen molar-refractivity contribution in [1.29, 1.82) is 0 Å². The van der Waals surface area contributed by atoms with E-state index in [1.807, 2.05) is 0 Å². The molecule has 0 spiro atoms. The molecule has 154 valence electrons. The first-order valence-electron chi connectivity index (χ1n) is 8.55. The topological polar surface area (TPSA) is 148 Å². The van der Waals surface area contributed by atoms with Gasteiger partial charge in [-0.15, -0.1) is 0 Å². The number of anilines is 1. The van der Waals surface area contributed by atoms with Crippen LogP contribution in [-0.4, -0.2) is 56.7 Å². The van der Waals surface area contributed by atoms with E-state index in [0.29, 0.717) is 18.7 Å². The predicted octanol–water partition coefficient (Wildman–Crippen LogP) is -0.160. The Morgan fingerprint density at radius 2 is 2.21 bits per heavy atom. The van der Waals surface area contributed by atoms with Crippen molar-refractivity contribution in [2.24, 2.45) is 5.92 Å². The number of nitrogens with two attached hydrogens (primary N) is 1. The van der Waals surface area contributed by atoms with E-state index in [-0.39, 0.29) is 48.9 Å². The zero-order valence-electron chi connectivity index (χ0n) is 14.6. The van der Waals surface area contributed by atoms with Crippen molar-refractivity contribution >= 4 is 22.9 Å². The van der Waals surface area contributed by atoms with Crippen LogP contribution in [0.2, 0.25) is 0 Å². The van der Waals surface area contributed by atoms with Gasteiger partial charge in [0.1, 0.15) is 5.39 Å². The Morgan fingerprint density at radius 3 is 2.86 bits per heavy atom. The normalized spacial score (nSPS) is 20.0. The van der Waals surface area contributed by atoms with Gasteiger partial charge in [0.25, 0.3) is 5.56 Å². The number of halogens is 3. The van der Waals surface area contributed by atoms with Crippen LogP contribution in [-0.2, 0) is 16.0 Å². The number of rotatable bonds is 6. The number of ether oxygens (including phenoxy) is 1. The maximum atomic E-state index is 12.3. The lowest BCUT2D eigenvalue weighted by molar-refractivity contribution is -0.173. The molecule has 2 aromatic rings. The molecule has 13 heteroatoms. The molecule has 1 aliphatic rings. The predicted molar refractivity (Wildman–Crippen MR) is 90.1 cm³/mol. The number of aromatic nitrogens is 4. The second kappa shape index (κ2) is 7.75. The number of nitrogen functional groups attached to an aromatic ring is 1. The van der Waals surface area contributed by atoms with Gasteiger partial charge < -0.3 is 20.9 Å². The van der Waals surface area contributed by atoms with Crippen molar-refractivity contribution in [2.45, 2.75) is 31.7 Å². The molecule has 28 heavy (non-hydrogen) atoms. The molecule has 1 fully saturated rings. The summed E-state index contributed by atoms with van der Waals surface area (Å²) in [6.07, 6.45) is -4.78. The minimum absolute atomic E-state index is 0.0579. The van der Waals surface area contributed by atoms with Crippen LogP contribution in [0.15, 0.2) is 4.79 Å². The van der Waals surface area contributed by atoms with E-state index in [0.717, 1.165) is 0 Å². The minimum atomic E-state index is -4.95. The van der Waals surface area contributed by atoms with E-state index in [4.69, 9.17) is 10.5 Å². The number of nitrogens with zero attached hydrogens (tertiary/aromatic N) is 3. The van der Waals surface area contributed by atoms with Gasteiger partial charge in [-0.2, -0.15) is 23.3 Å². The van der Waals surface area contributed by atoms with Crippen LogP contribution in [0.1, 0.15) is 24.8 Å². The van der Waals surface area contributed by atoms with Crippen LogP contribution in [0.3, 0.4) is 0 Å². The molecular weight excluding hydrogens is 385 g/mol. The molecule has 5 N–H and O–H groups in total. The SMILES string of the molecule is Nc1nc2c(c(CCCNC(=O)C(F)(F)F)nn2[C@H]2CC(CO)CO2)c(=O)[nH]1. The number of aryl methyl sites for hydroxylation is 1. The van der Waals surface area contributed by atoms with Crippen molar-refractivity contribution in [3.8, 4) is 0 Å². The second-order valence-electron chi connectivity index (χ2n) is 6.47. The van der Waals surface area contributed by atoms with Gasteiger partial charge >= 0.3 is 12.1 Å². The molecule has 1 unspecified atom stereocenters. The lowest BCUT2D eigenvalue weighted by Gasteiger charge is -2.10. The number of nitrogens with one attached hydrogen (secondary N) is 2. The first kappa shape index (κ1) is 20.1. The van der Waals surface area contributed by atoms with Crippen LogP contribution >= 0.6 is 0 Å². The largest absolute Gasteiger partial charge is 0.471 e. The number of hydrogen-bond donors (Lipinski definition) is 4. The number of H-pyrrole nitrogens is 1. The van der Waals surface area contributed by atoms with E-state index in [1.165, 1.54) is 4.68 Å². The van der Waals surface area contributed by atoms with E-state index in [1.54, 1.807) is 5.32 Å². The molecule has 1 aliphatic heterocycles. The van der Waals surface area contributed by atoms with Gasteiger partial charge in [-0.1, -0.05) is 0 Å². The van der Waals surface area contributed by atoms with Crippen LogP contribution in [0.4, 0.5) is 19.1 Å². The monoisotopic (exact) mass is 404 g/mol. The summed E-state index contributed by atoms with van der Waals surface area (Å²) in [5.41, 5.74) is 5.58. The standard InChI is InChI=1S/C15H19F3N6O4/c16-15(17,18)13(27)20-3-1-2-8-10-11(21-14(19)22-12(10)26)24(23-8)9-4-7(5-25)6-28-9/h7,9,25H,1-6H2,(H,20,27)(H3,19,21,22,26)/t7?,9-/m1/s1. The third-order valence-electron chi connectivity index (χ3n) is 4.38. The zero-order valence-corrected chi connectivity index (χ0v) is 14.6. The molecule has 1 amide bonds. The number of fused-ring (bicyclic) bond motifs is 1. The van der Waals surface area contributed by atoms with Crippen molar-refractivity contribution in [2.75, 3.05) is 25.5 Å². The molecule has 2 aromatic heterocycles. The van der Waals surface area contributed by atoms with Crippen molar-refractivity contribution < 1.29 is 27.8 Å². The lowest BCUT2D eigenvalue weighted by atomic mass is 10.1. The first-order valence-corrected chi connectivity index (χ1v) is 8.55. The molecule has 3 rings (SSSR count). The Hall–Kier alpha value is -2.67. The van der Waals surface area contributed by atoms with Gasteiger partial charge in [-0.3, -0.25) is 14.6 Å². The van der Waals surface area contributed by atoms with E-state index in [9.17, 15) is 27.9 Å². The molecule has 0 radical (unpaired) electrons. The van der Waals surface area contributed by atoms with Crippen molar-refractivity contribution in [1.82, 2.24) is 25.1 Å². The molecule has 0 aromatic carbocycles. The number of aliphatic hydroxyl groups is 1. The molecule has 0 bridgehead atoms. The second-order valence-corrected chi connectivity index (χ2v) is 6.47. The molecule has 10 nitrogen and oxygen atoms in total. The Labute approximate surface area is 155 Å². The fraction of sp³-hybridized carbons (Fsp3) is 0.600. The number of alkyl halides is 3. The fourth-order valence-corrected chi connectivity index (χ4v) is 3.03. The third kappa shape index (κ3) is 4.09. The lowest BCUT2D eigenvalue weighted by Crippen LogP contribution is -2.37. The van der Waals surface area contributed by atoms with E-state index >= 15 is 0 Å². The van der Waals surface area contributed by atoms with Crippen LogP contribution < -0.4 is 16.6 Å². The average molecular weight is 404 g/mol. The number of aliphatic hydroxyl groups excluding tert-OH is 1. The molecule has 0 saturated carbocycles. The maximum absolute atomic E-state index is 12.3. The Balaban J connectivity index is 1.81. The summed E-state index contributed by atoms with van der Waals surface area (Å²) in [5.74, 6) is -2.21. The van der Waals surface area contributed by atoms with Gasteiger partial charge in [-0.25, -0.2) is 4.68 Å². The van der Waals surface area contributed by atoms with Gasteiger partial charge in [0, 0.05) is 25.5 Å². The summed E-state index contributed by atoms with van der Waals surface area (Å²) in [5, 5.41) is 15.5. The Bertz CT molecular complexity index is 925. The number of aromatic amines is 1. The quantitative estimate of drug-likeness (QED) is 0.489. The Kier molecular flexibility index (Phi) is 5.56. The van der Waals surface area contributed by atoms with Gasteiger partial charge in [0.15, 0.2) is 11.9 Å². The van der Waals surface area contributed by atoms with Gasteiger partial charge in [0.2, 0.25) is 5.95 Å². The molecular formula is C15H19F3N6O4. The highest BCUT2D eigenvalue weighted by Crippen LogP contribution is 2.30. The smallest absolute Gasteiger partial charge is 0.396 e. The van der Waals surface area contributed by atoms with E-state index < -0.39 is 23.9 Å². The Morgan fingerprint density at radius 1 is 1.46 bits per heavy atom.